The maximum atomic E-state index is 12.7. The van der Waals surface area contributed by atoms with Crippen molar-refractivity contribution in [1.29, 1.82) is 0 Å². The quantitative estimate of drug-likeness (QED) is 0.448. The SMILES string of the molecule is Cc1nn(C)c(C)c1C(=O)OCC(=O)c1cc(C)n(CCc2cccs2)c1C. The highest BCUT2D eigenvalue weighted by Crippen LogP contribution is 2.19. The lowest BCUT2D eigenvalue weighted by molar-refractivity contribution is 0.0473. The first-order valence-corrected chi connectivity index (χ1v) is 10.1. The second-order valence-corrected chi connectivity index (χ2v) is 7.97. The zero-order valence-electron chi connectivity index (χ0n) is 16.9. The van der Waals surface area contributed by atoms with Gasteiger partial charge in [0.05, 0.1) is 5.69 Å². The van der Waals surface area contributed by atoms with E-state index in [0.717, 1.165) is 30.0 Å². The molecule has 148 valence electrons. The van der Waals surface area contributed by atoms with Crippen LogP contribution in [0.4, 0.5) is 0 Å². The summed E-state index contributed by atoms with van der Waals surface area (Å²) in [5, 5.41) is 6.29. The monoisotopic (exact) mass is 399 g/mol. The van der Waals surface area contributed by atoms with Gasteiger partial charge in [0.15, 0.2) is 6.61 Å². The third-order valence-electron chi connectivity index (χ3n) is 5.08. The normalized spacial score (nSPS) is 11.0. The molecule has 6 nitrogen and oxygen atoms in total. The summed E-state index contributed by atoms with van der Waals surface area (Å²) in [7, 11) is 1.77. The van der Waals surface area contributed by atoms with Gasteiger partial charge in [-0.15, -0.1) is 11.3 Å². The van der Waals surface area contributed by atoms with Gasteiger partial charge >= 0.3 is 5.97 Å². The number of rotatable bonds is 7. The Morgan fingerprint density at radius 1 is 1.18 bits per heavy atom. The number of aryl methyl sites for hydroxylation is 4. The highest BCUT2D eigenvalue weighted by Gasteiger charge is 2.21. The molecular formula is C21H25N3O3S. The van der Waals surface area contributed by atoms with Crippen molar-refractivity contribution in [2.24, 2.45) is 7.05 Å². The molecular weight excluding hydrogens is 374 g/mol. The lowest BCUT2D eigenvalue weighted by atomic mass is 10.1. The summed E-state index contributed by atoms with van der Waals surface area (Å²) in [4.78, 5) is 26.4. The van der Waals surface area contributed by atoms with E-state index in [2.05, 4.69) is 21.1 Å². The van der Waals surface area contributed by atoms with Crippen molar-refractivity contribution in [3.63, 3.8) is 0 Å². The summed E-state index contributed by atoms with van der Waals surface area (Å²) in [5.41, 5.74) is 4.30. The van der Waals surface area contributed by atoms with Gasteiger partial charge in [0.2, 0.25) is 5.78 Å². The Morgan fingerprint density at radius 3 is 2.54 bits per heavy atom. The lowest BCUT2D eigenvalue weighted by Gasteiger charge is -2.09. The van der Waals surface area contributed by atoms with Gasteiger partial charge < -0.3 is 9.30 Å². The minimum absolute atomic E-state index is 0.192. The van der Waals surface area contributed by atoms with Gasteiger partial charge in [0.25, 0.3) is 0 Å². The molecule has 0 atom stereocenters. The number of ketones is 1. The Morgan fingerprint density at radius 2 is 1.93 bits per heavy atom. The van der Waals surface area contributed by atoms with Crippen LogP contribution in [0.15, 0.2) is 23.6 Å². The van der Waals surface area contributed by atoms with Crippen molar-refractivity contribution in [3.8, 4) is 0 Å². The minimum atomic E-state index is -0.511. The molecule has 3 aromatic heterocycles. The number of esters is 1. The molecule has 0 aliphatic heterocycles. The standard InChI is InChI=1S/C21H25N3O3S/c1-13-11-18(15(3)24(13)9-8-17-7-6-10-28-17)19(25)12-27-21(26)20-14(2)22-23(5)16(20)4/h6-7,10-11H,8-9,12H2,1-5H3. The first-order chi connectivity index (χ1) is 13.3. The molecule has 0 aromatic carbocycles. The van der Waals surface area contributed by atoms with Crippen LogP contribution < -0.4 is 0 Å². The average Bonchev–Trinajstić information content (AvgIpc) is 3.32. The molecule has 3 aromatic rings. The maximum absolute atomic E-state index is 12.7. The topological polar surface area (TPSA) is 66.1 Å². The number of carbonyl (C=O) groups excluding carboxylic acids is 2. The molecule has 0 unspecified atom stereocenters. The summed E-state index contributed by atoms with van der Waals surface area (Å²) in [6.45, 7) is 8.03. The average molecular weight is 400 g/mol. The third kappa shape index (κ3) is 3.94. The van der Waals surface area contributed by atoms with E-state index < -0.39 is 5.97 Å². The molecule has 0 bridgehead atoms. The van der Waals surface area contributed by atoms with Gasteiger partial charge in [-0.2, -0.15) is 5.10 Å². The highest BCUT2D eigenvalue weighted by molar-refractivity contribution is 7.09. The summed E-state index contributed by atoms with van der Waals surface area (Å²) in [6, 6.07) is 6.04. The highest BCUT2D eigenvalue weighted by atomic mass is 32.1. The van der Waals surface area contributed by atoms with Gasteiger partial charge in [-0.05, 0) is 51.6 Å². The Bertz CT molecular complexity index is 1010. The van der Waals surface area contributed by atoms with Crippen LogP contribution in [0.2, 0.25) is 0 Å². The van der Waals surface area contributed by atoms with Crippen LogP contribution in [0.25, 0.3) is 0 Å². The van der Waals surface area contributed by atoms with Crippen molar-refractivity contribution < 1.29 is 14.3 Å². The molecule has 0 spiro atoms. The van der Waals surface area contributed by atoms with Crippen LogP contribution in [0.1, 0.15) is 48.4 Å². The summed E-state index contributed by atoms with van der Waals surface area (Å²) in [5.74, 6) is -0.703. The van der Waals surface area contributed by atoms with E-state index in [1.807, 2.05) is 26.0 Å². The molecule has 0 amide bonds. The molecule has 3 heterocycles. The fraction of sp³-hybridized carbons (Fsp3) is 0.381. The minimum Gasteiger partial charge on any atom is -0.454 e. The van der Waals surface area contributed by atoms with Crippen LogP contribution in [0, 0.1) is 27.7 Å². The van der Waals surface area contributed by atoms with Crippen molar-refractivity contribution >= 4 is 23.1 Å². The largest absolute Gasteiger partial charge is 0.454 e. The van der Waals surface area contributed by atoms with E-state index in [4.69, 9.17) is 4.74 Å². The maximum Gasteiger partial charge on any atom is 0.342 e. The van der Waals surface area contributed by atoms with E-state index in [9.17, 15) is 9.59 Å². The second kappa shape index (κ2) is 8.14. The van der Waals surface area contributed by atoms with E-state index in [1.54, 1.807) is 36.9 Å². The smallest absolute Gasteiger partial charge is 0.342 e. The zero-order chi connectivity index (χ0) is 20.4. The van der Waals surface area contributed by atoms with Crippen LogP contribution in [-0.4, -0.2) is 32.7 Å². The molecule has 0 fully saturated rings. The summed E-state index contributed by atoms with van der Waals surface area (Å²) < 4.78 is 9.07. The van der Waals surface area contributed by atoms with E-state index in [1.165, 1.54) is 4.88 Å². The number of nitrogens with zero attached hydrogens (tertiary/aromatic N) is 3. The first-order valence-electron chi connectivity index (χ1n) is 9.19. The number of Topliss-reactive ketones (excluding diaryl/α,β-unsaturated/α-hetero) is 1. The molecule has 3 rings (SSSR count). The van der Waals surface area contributed by atoms with Crippen LogP contribution >= 0.6 is 11.3 Å². The van der Waals surface area contributed by atoms with Crippen LogP contribution in [0.3, 0.4) is 0 Å². The van der Waals surface area contributed by atoms with Gasteiger partial charge in [-0.1, -0.05) is 6.07 Å². The lowest BCUT2D eigenvalue weighted by Crippen LogP contribution is -2.16. The van der Waals surface area contributed by atoms with Gasteiger partial charge in [0, 0.05) is 41.1 Å². The van der Waals surface area contributed by atoms with E-state index in [0.29, 0.717) is 16.8 Å². The molecule has 28 heavy (non-hydrogen) atoms. The molecule has 0 N–H and O–H groups in total. The number of carbonyl (C=O) groups is 2. The number of hydrogen-bond donors (Lipinski definition) is 0. The fourth-order valence-corrected chi connectivity index (χ4v) is 4.15. The van der Waals surface area contributed by atoms with Gasteiger partial charge in [0.1, 0.15) is 5.56 Å². The number of aromatic nitrogens is 3. The van der Waals surface area contributed by atoms with Gasteiger partial charge in [-0.25, -0.2) is 4.79 Å². The second-order valence-electron chi connectivity index (χ2n) is 6.93. The predicted octanol–water partition coefficient (Wildman–Crippen LogP) is 3.80. The number of thiophene rings is 1. The Balaban J connectivity index is 1.67. The predicted molar refractivity (Wildman–Crippen MR) is 109 cm³/mol. The number of hydrogen-bond acceptors (Lipinski definition) is 5. The number of ether oxygens (including phenoxy) is 1. The molecule has 0 saturated heterocycles. The van der Waals surface area contributed by atoms with Gasteiger partial charge in [-0.3, -0.25) is 9.48 Å². The molecule has 0 saturated carbocycles. The summed E-state index contributed by atoms with van der Waals surface area (Å²) in [6.07, 6.45) is 0.927. The molecule has 0 aliphatic rings. The Hall–Kier alpha value is -2.67. The van der Waals surface area contributed by atoms with Crippen molar-refractivity contribution in [1.82, 2.24) is 14.3 Å². The van der Waals surface area contributed by atoms with Crippen LogP contribution in [-0.2, 0) is 24.8 Å². The van der Waals surface area contributed by atoms with Crippen LogP contribution in [0.5, 0.6) is 0 Å². The third-order valence-corrected chi connectivity index (χ3v) is 6.02. The Labute approximate surface area is 168 Å². The first kappa shape index (κ1) is 20.1. The molecule has 0 radical (unpaired) electrons. The van der Waals surface area contributed by atoms with E-state index in [-0.39, 0.29) is 12.4 Å². The summed E-state index contributed by atoms with van der Waals surface area (Å²) >= 11 is 1.74. The fourth-order valence-electron chi connectivity index (χ4n) is 3.45. The van der Waals surface area contributed by atoms with Crippen molar-refractivity contribution in [3.05, 3.63) is 62.4 Å². The molecule has 0 aliphatic carbocycles. The van der Waals surface area contributed by atoms with Crippen molar-refractivity contribution in [2.45, 2.75) is 40.7 Å². The van der Waals surface area contributed by atoms with E-state index >= 15 is 0 Å². The van der Waals surface area contributed by atoms with Crippen molar-refractivity contribution in [2.75, 3.05) is 6.61 Å². The molecule has 7 heteroatoms. The zero-order valence-corrected chi connectivity index (χ0v) is 17.7. The Kier molecular flexibility index (Phi) is 5.84.